The Labute approximate surface area is 196 Å². The number of aromatic nitrogens is 2. The zero-order chi connectivity index (χ0) is 23.0. The lowest BCUT2D eigenvalue weighted by atomic mass is 10.00. The van der Waals surface area contributed by atoms with Crippen molar-refractivity contribution in [3.05, 3.63) is 83.4 Å². The maximum atomic E-state index is 12.9. The Balaban J connectivity index is 1.43. The fourth-order valence-corrected chi connectivity index (χ4v) is 4.49. The number of likely N-dealkylation sites (tertiary alicyclic amines) is 1. The number of nitrogens with one attached hydrogen (secondary N) is 1. The van der Waals surface area contributed by atoms with E-state index in [4.69, 9.17) is 9.72 Å². The molecular weight excluding hydrogens is 412 g/mol. The molecule has 6 heteroatoms. The van der Waals surface area contributed by atoms with E-state index in [1.54, 1.807) is 13.3 Å². The minimum Gasteiger partial charge on any atom is -0.495 e. The number of amides is 1. The zero-order valence-electron chi connectivity index (χ0n) is 19.5. The number of benzene rings is 2. The zero-order valence-corrected chi connectivity index (χ0v) is 19.5. The molecule has 33 heavy (non-hydrogen) atoms. The molecule has 1 atom stereocenters. The summed E-state index contributed by atoms with van der Waals surface area (Å²) in [5.74, 6) is 1.21. The first-order valence-corrected chi connectivity index (χ1v) is 11.7. The summed E-state index contributed by atoms with van der Waals surface area (Å²) in [5, 5.41) is 2.92. The van der Waals surface area contributed by atoms with Crippen LogP contribution in [0.15, 0.2) is 60.8 Å². The van der Waals surface area contributed by atoms with Gasteiger partial charge in [-0.25, -0.2) is 9.97 Å². The van der Waals surface area contributed by atoms with E-state index in [9.17, 15) is 4.79 Å². The Hall–Kier alpha value is -3.25. The van der Waals surface area contributed by atoms with Crippen molar-refractivity contribution < 1.29 is 9.53 Å². The van der Waals surface area contributed by atoms with Crippen LogP contribution in [0.2, 0.25) is 0 Å². The molecule has 2 heterocycles. The molecule has 1 saturated heterocycles. The maximum absolute atomic E-state index is 12.9. The number of anilines is 1. The van der Waals surface area contributed by atoms with Crippen molar-refractivity contribution in [3.63, 3.8) is 0 Å². The summed E-state index contributed by atoms with van der Waals surface area (Å²) in [6.45, 7) is 3.97. The van der Waals surface area contributed by atoms with E-state index < -0.39 is 0 Å². The van der Waals surface area contributed by atoms with Gasteiger partial charge in [-0.15, -0.1) is 0 Å². The molecule has 1 aliphatic rings. The van der Waals surface area contributed by atoms with Gasteiger partial charge >= 0.3 is 0 Å². The molecule has 2 aromatic carbocycles. The van der Waals surface area contributed by atoms with E-state index >= 15 is 0 Å². The highest BCUT2D eigenvalue weighted by Crippen LogP contribution is 2.30. The Morgan fingerprint density at radius 3 is 2.70 bits per heavy atom. The van der Waals surface area contributed by atoms with Crippen molar-refractivity contribution in [3.8, 4) is 5.75 Å². The molecule has 6 nitrogen and oxygen atoms in total. The minimum absolute atomic E-state index is 0.208. The van der Waals surface area contributed by atoms with Crippen molar-refractivity contribution in [1.82, 2.24) is 14.9 Å². The third-order valence-corrected chi connectivity index (χ3v) is 6.26. The maximum Gasteiger partial charge on any atom is 0.259 e. The van der Waals surface area contributed by atoms with Gasteiger partial charge < -0.3 is 10.1 Å². The van der Waals surface area contributed by atoms with Gasteiger partial charge in [-0.3, -0.25) is 9.69 Å². The highest BCUT2D eigenvalue weighted by atomic mass is 16.5. The van der Waals surface area contributed by atoms with Crippen molar-refractivity contribution >= 4 is 11.6 Å². The molecule has 1 N–H and O–H groups in total. The summed E-state index contributed by atoms with van der Waals surface area (Å²) in [6, 6.07) is 18.2. The summed E-state index contributed by atoms with van der Waals surface area (Å²) in [4.78, 5) is 24.8. The summed E-state index contributed by atoms with van der Waals surface area (Å²) in [7, 11) is 1.59. The van der Waals surface area contributed by atoms with Crippen LogP contribution in [0, 0.1) is 6.92 Å². The SMILES string of the molecule is COc1ccccc1NC(=O)c1cnc(C2CCCCN2CCCc2ccccc2)nc1C. The third-order valence-electron chi connectivity index (χ3n) is 6.26. The molecule has 0 aliphatic carbocycles. The van der Waals surface area contributed by atoms with E-state index in [1.807, 2.05) is 31.2 Å². The number of ether oxygens (including phenoxy) is 1. The van der Waals surface area contributed by atoms with E-state index in [-0.39, 0.29) is 11.9 Å². The summed E-state index contributed by atoms with van der Waals surface area (Å²) in [5.41, 5.74) is 3.19. The molecule has 1 aromatic heterocycles. The second-order valence-electron chi connectivity index (χ2n) is 8.52. The van der Waals surface area contributed by atoms with Crippen LogP contribution in [0.3, 0.4) is 0 Å². The lowest BCUT2D eigenvalue weighted by molar-refractivity contribution is 0.102. The predicted molar refractivity (Wildman–Crippen MR) is 131 cm³/mol. The number of carbonyl (C=O) groups excluding carboxylic acids is 1. The number of aryl methyl sites for hydroxylation is 2. The van der Waals surface area contributed by atoms with Crippen LogP contribution in [-0.2, 0) is 6.42 Å². The average molecular weight is 445 g/mol. The van der Waals surface area contributed by atoms with E-state index in [0.717, 1.165) is 38.2 Å². The quantitative estimate of drug-likeness (QED) is 0.517. The van der Waals surface area contributed by atoms with Gasteiger partial charge in [-0.2, -0.15) is 0 Å². The lowest BCUT2D eigenvalue weighted by Crippen LogP contribution is -2.35. The van der Waals surface area contributed by atoms with Crippen molar-refractivity contribution in [1.29, 1.82) is 0 Å². The van der Waals surface area contributed by atoms with Gasteiger partial charge in [0.05, 0.1) is 30.1 Å². The van der Waals surface area contributed by atoms with Gasteiger partial charge in [0, 0.05) is 6.20 Å². The Bertz CT molecular complexity index is 1070. The van der Waals surface area contributed by atoms with Gasteiger partial charge in [0.2, 0.25) is 0 Å². The average Bonchev–Trinajstić information content (AvgIpc) is 2.85. The highest BCUT2D eigenvalue weighted by molar-refractivity contribution is 6.05. The molecule has 0 radical (unpaired) electrons. The first-order valence-electron chi connectivity index (χ1n) is 11.7. The fourth-order valence-electron chi connectivity index (χ4n) is 4.49. The Morgan fingerprint density at radius 1 is 1.12 bits per heavy atom. The standard InChI is InChI=1S/C27H32N4O2/c1-20-22(27(32)30-23-14-6-7-16-25(23)33-2)19-28-26(29-20)24-15-8-9-17-31(24)18-10-13-21-11-4-3-5-12-21/h3-7,11-12,14,16,19,24H,8-10,13,15,17-18H2,1-2H3,(H,30,32). The molecule has 3 aromatic rings. The molecular formula is C27H32N4O2. The number of hydrogen-bond acceptors (Lipinski definition) is 5. The molecule has 0 spiro atoms. The largest absolute Gasteiger partial charge is 0.495 e. The lowest BCUT2D eigenvalue weighted by Gasteiger charge is -2.34. The number of carbonyl (C=O) groups is 1. The normalized spacial score (nSPS) is 16.4. The second-order valence-corrected chi connectivity index (χ2v) is 8.52. The number of methoxy groups -OCH3 is 1. The highest BCUT2D eigenvalue weighted by Gasteiger charge is 2.26. The number of rotatable bonds is 8. The van der Waals surface area contributed by atoms with Crippen LogP contribution >= 0.6 is 0 Å². The summed E-state index contributed by atoms with van der Waals surface area (Å²) in [6.07, 6.45) is 7.29. The molecule has 0 bridgehead atoms. The van der Waals surface area contributed by atoms with Crippen LogP contribution in [-0.4, -0.2) is 41.0 Å². The monoisotopic (exact) mass is 444 g/mol. The van der Waals surface area contributed by atoms with E-state index in [1.165, 1.54) is 18.4 Å². The van der Waals surface area contributed by atoms with Crippen LogP contribution < -0.4 is 10.1 Å². The van der Waals surface area contributed by atoms with Gasteiger partial charge in [-0.05, 0) is 63.4 Å². The van der Waals surface area contributed by atoms with Crippen LogP contribution in [0.25, 0.3) is 0 Å². The Kier molecular flexibility index (Phi) is 7.68. The Morgan fingerprint density at radius 2 is 1.91 bits per heavy atom. The second kappa shape index (κ2) is 11.1. The minimum atomic E-state index is -0.230. The smallest absolute Gasteiger partial charge is 0.259 e. The van der Waals surface area contributed by atoms with Gasteiger partial charge in [0.15, 0.2) is 0 Å². The molecule has 1 fully saturated rings. The fraction of sp³-hybridized carbons (Fsp3) is 0.370. The number of nitrogens with zero attached hydrogens (tertiary/aromatic N) is 3. The van der Waals surface area contributed by atoms with E-state index in [2.05, 4.69) is 45.5 Å². The number of hydrogen-bond donors (Lipinski definition) is 1. The molecule has 1 amide bonds. The predicted octanol–water partition coefficient (Wildman–Crippen LogP) is 5.21. The van der Waals surface area contributed by atoms with Crippen molar-refractivity contribution in [2.45, 2.75) is 45.1 Å². The van der Waals surface area contributed by atoms with Crippen LogP contribution in [0.1, 0.15) is 59.2 Å². The summed E-state index contributed by atoms with van der Waals surface area (Å²) < 4.78 is 5.33. The van der Waals surface area contributed by atoms with Gasteiger partial charge in [-0.1, -0.05) is 48.9 Å². The molecule has 172 valence electrons. The first-order chi connectivity index (χ1) is 16.2. The van der Waals surface area contributed by atoms with Gasteiger partial charge in [0.1, 0.15) is 11.6 Å². The summed E-state index contributed by atoms with van der Waals surface area (Å²) >= 11 is 0. The van der Waals surface area contributed by atoms with Crippen molar-refractivity contribution in [2.75, 3.05) is 25.5 Å². The number of piperidine rings is 1. The van der Waals surface area contributed by atoms with Crippen LogP contribution in [0.5, 0.6) is 5.75 Å². The number of para-hydroxylation sites is 2. The van der Waals surface area contributed by atoms with Crippen molar-refractivity contribution in [2.24, 2.45) is 0 Å². The molecule has 4 rings (SSSR count). The molecule has 1 unspecified atom stereocenters. The molecule has 0 saturated carbocycles. The van der Waals surface area contributed by atoms with Gasteiger partial charge in [0.25, 0.3) is 5.91 Å². The van der Waals surface area contributed by atoms with Crippen LogP contribution in [0.4, 0.5) is 5.69 Å². The first kappa shape index (κ1) is 22.9. The van der Waals surface area contributed by atoms with E-state index in [0.29, 0.717) is 22.7 Å². The third kappa shape index (κ3) is 5.76. The molecule has 1 aliphatic heterocycles. The topological polar surface area (TPSA) is 67.3 Å².